The summed E-state index contributed by atoms with van der Waals surface area (Å²) in [6.07, 6.45) is 3.98. The number of nitriles is 1. The number of hydrogen-bond acceptors (Lipinski definition) is 4. The van der Waals surface area contributed by atoms with Gasteiger partial charge in [-0.15, -0.1) is 0 Å². The Balaban J connectivity index is 2.25. The maximum atomic E-state index is 10.9. The zero-order valence-electron chi connectivity index (χ0n) is 9.15. The smallest absolute Gasteiger partial charge is 0.147 e. The predicted octanol–water partition coefficient (Wildman–Crippen LogP) is 0.657. The third kappa shape index (κ3) is 5.14. The first-order valence-electron chi connectivity index (χ1n) is 5.31. The molecule has 0 amide bonds. The lowest BCUT2D eigenvalue weighted by atomic mass is 10.00. The van der Waals surface area contributed by atoms with Gasteiger partial charge in [0.1, 0.15) is 9.84 Å². The van der Waals surface area contributed by atoms with E-state index in [0.29, 0.717) is 6.42 Å². The Morgan fingerprint density at radius 2 is 2.27 bits per heavy atom. The summed E-state index contributed by atoms with van der Waals surface area (Å²) >= 11 is 0. The molecule has 0 radical (unpaired) electrons. The van der Waals surface area contributed by atoms with Crippen molar-refractivity contribution in [3.8, 4) is 6.07 Å². The number of sulfone groups is 1. The molecule has 86 valence electrons. The molecule has 1 aliphatic heterocycles. The van der Waals surface area contributed by atoms with Crippen LogP contribution in [0.15, 0.2) is 0 Å². The summed E-state index contributed by atoms with van der Waals surface area (Å²) in [6.45, 7) is 2.60. The molecule has 0 spiro atoms. The molecule has 0 saturated carbocycles. The molecular formula is C10H18N2O2S. The highest BCUT2D eigenvalue weighted by Gasteiger charge is 2.19. The molecule has 0 aromatic heterocycles. The molecule has 1 fully saturated rings. The van der Waals surface area contributed by atoms with Crippen LogP contribution >= 0.6 is 0 Å². The fraction of sp³-hybridized carbons (Fsp3) is 0.900. The van der Waals surface area contributed by atoms with Gasteiger partial charge in [-0.1, -0.05) is 0 Å². The van der Waals surface area contributed by atoms with Crippen LogP contribution in [-0.4, -0.2) is 45.0 Å². The topological polar surface area (TPSA) is 61.2 Å². The molecule has 1 rings (SSSR count). The van der Waals surface area contributed by atoms with Crippen LogP contribution in [0.3, 0.4) is 0 Å². The molecule has 1 unspecified atom stereocenters. The zero-order chi connectivity index (χ0) is 11.3. The first kappa shape index (κ1) is 12.5. The van der Waals surface area contributed by atoms with Crippen LogP contribution in [0.1, 0.15) is 19.3 Å². The van der Waals surface area contributed by atoms with Gasteiger partial charge < -0.3 is 4.90 Å². The van der Waals surface area contributed by atoms with Crippen LogP contribution in [0, 0.1) is 17.2 Å². The fourth-order valence-corrected chi connectivity index (χ4v) is 2.57. The second-order valence-electron chi connectivity index (χ2n) is 4.25. The van der Waals surface area contributed by atoms with E-state index in [1.54, 1.807) is 0 Å². The largest absolute Gasteiger partial charge is 0.302 e. The summed E-state index contributed by atoms with van der Waals surface area (Å²) in [4.78, 5) is 2.20. The van der Waals surface area contributed by atoms with Crippen molar-refractivity contribution in [2.24, 2.45) is 5.92 Å². The van der Waals surface area contributed by atoms with Gasteiger partial charge in [0.25, 0.3) is 0 Å². The maximum absolute atomic E-state index is 10.9. The lowest BCUT2D eigenvalue weighted by Gasteiger charge is -2.29. The van der Waals surface area contributed by atoms with Gasteiger partial charge in [0.15, 0.2) is 0 Å². The van der Waals surface area contributed by atoms with Gasteiger partial charge in [-0.2, -0.15) is 5.26 Å². The summed E-state index contributed by atoms with van der Waals surface area (Å²) in [5.74, 6) is 0.387. The van der Waals surface area contributed by atoms with Crippen molar-refractivity contribution in [2.45, 2.75) is 19.3 Å². The van der Waals surface area contributed by atoms with Crippen LogP contribution in [0.2, 0.25) is 0 Å². The molecule has 4 nitrogen and oxygen atoms in total. The Morgan fingerprint density at radius 3 is 2.87 bits per heavy atom. The number of hydrogen-bond donors (Lipinski definition) is 0. The Labute approximate surface area is 91.8 Å². The number of likely N-dealkylation sites (tertiary alicyclic amines) is 1. The average Bonchev–Trinajstić information content (AvgIpc) is 2.16. The van der Waals surface area contributed by atoms with Gasteiger partial charge >= 0.3 is 0 Å². The standard InChI is InChI=1S/C10H18N2O2S/c1-15(13,14)7-3-6-12-5-2-4-10(8-11)9-12/h10H,2-7,9H2,1H3. The Morgan fingerprint density at radius 1 is 1.53 bits per heavy atom. The van der Waals surface area contributed by atoms with E-state index in [4.69, 9.17) is 5.26 Å². The molecule has 0 aromatic rings. The van der Waals surface area contributed by atoms with E-state index in [2.05, 4.69) is 11.0 Å². The summed E-state index contributed by atoms with van der Waals surface area (Å²) < 4.78 is 21.8. The quantitative estimate of drug-likeness (QED) is 0.711. The van der Waals surface area contributed by atoms with E-state index < -0.39 is 9.84 Å². The molecular weight excluding hydrogens is 212 g/mol. The summed E-state index contributed by atoms with van der Waals surface area (Å²) in [7, 11) is -2.84. The summed E-state index contributed by atoms with van der Waals surface area (Å²) in [5.41, 5.74) is 0. The van der Waals surface area contributed by atoms with Crippen molar-refractivity contribution in [3.63, 3.8) is 0 Å². The van der Waals surface area contributed by atoms with Crippen molar-refractivity contribution >= 4 is 9.84 Å². The van der Waals surface area contributed by atoms with Gasteiger partial charge in [0, 0.05) is 12.8 Å². The minimum atomic E-state index is -2.84. The van der Waals surface area contributed by atoms with Crippen molar-refractivity contribution in [3.05, 3.63) is 0 Å². The zero-order valence-corrected chi connectivity index (χ0v) is 9.96. The second kappa shape index (κ2) is 5.47. The maximum Gasteiger partial charge on any atom is 0.147 e. The molecule has 1 aliphatic rings. The normalized spacial score (nSPS) is 23.6. The Kier molecular flexibility index (Phi) is 4.55. The van der Waals surface area contributed by atoms with Crippen LogP contribution < -0.4 is 0 Å². The van der Waals surface area contributed by atoms with Crippen molar-refractivity contribution < 1.29 is 8.42 Å². The van der Waals surface area contributed by atoms with E-state index in [0.717, 1.165) is 32.5 Å². The van der Waals surface area contributed by atoms with E-state index in [1.165, 1.54) is 6.26 Å². The van der Waals surface area contributed by atoms with E-state index in [9.17, 15) is 8.42 Å². The van der Waals surface area contributed by atoms with E-state index >= 15 is 0 Å². The van der Waals surface area contributed by atoms with Gasteiger partial charge in [0.2, 0.25) is 0 Å². The van der Waals surface area contributed by atoms with Crippen molar-refractivity contribution in [1.29, 1.82) is 5.26 Å². The van der Waals surface area contributed by atoms with Gasteiger partial charge in [-0.25, -0.2) is 8.42 Å². The average molecular weight is 230 g/mol. The highest BCUT2D eigenvalue weighted by molar-refractivity contribution is 7.90. The molecule has 5 heteroatoms. The van der Waals surface area contributed by atoms with Crippen molar-refractivity contribution in [2.75, 3.05) is 31.6 Å². The Bertz CT molecular complexity index is 332. The minimum Gasteiger partial charge on any atom is -0.302 e. The number of piperidine rings is 1. The predicted molar refractivity (Wildman–Crippen MR) is 59.1 cm³/mol. The van der Waals surface area contributed by atoms with Crippen LogP contribution in [-0.2, 0) is 9.84 Å². The monoisotopic (exact) mass is 230 g/mol. The molecule has 1 atom stereocenters. The molecule has 1 heterocycles. The van der Waals surface area contributed by atoms with Crippen LogP contribution in [0.5, 0.6) is 0 Å². The third-order valence-corrected chi connectivity index (χ3v) is 3.71. The van der Waals surface area contributed by atoms with E-state index in [1.807, 2.05) is 0 Å². The number of nitrogens with zero attached hydrogens (tertiary/aromatic N) is 2. The molecule has 15 heavy (non-hydrogen) atoms. The van der Waals surface area contributed by atoms with Gasteiger partial charge in [0.05, 0.1) is 17.7 Å². The fourth-order valence-electron chi connectivity index (χ4n) is 1.91. The Hall–Kier alpha value is -0.600. The SMILES string of the molecule is CS(=O)(=O)CCCN1CCCC(C#N)C1. The summed E-state index contributed by atoms with van der Waals surface area (Å²) in [6, 6.07) is 2.28. The lowest BCUT2D eigenvalue weighted by Crippen LogP contribution is -2.36. The molecule has 1 saturated heterocycles. The summed E-state index contributed by atoms with van der Waals surface area (Å²) in [5, 5.41) is 8.79. The highest BCUT2D eigenvalue weighted by Crippen LogP contribution is 2.15. The van der Waals surface area contributed by atoms with E-state index in [-0.39, 0.29) is 11.7 Å². The lowest BCUT2D eigenvalue weighted by molar-refractivity contribution is 0.200. The molecule has 0 bridgehead atoms. The molecule has 0 N–H and O–H groups in total. The minimum absolute atomic E-state index is 0.136. The first-order chi connectivity index (χ1) is 7.01. The van der Waals surface area contributed by atoms with Crippen LogP contribution in [0.25, 0.3) is 0 Å². The second-order valence-corrected chi connectivity index (χ2v) is 6.51. The van der Waals surface area contributed by atoms with Crippen molar-refractivity contribution in [1.82, 2.24) is 4.90 Å². The highest BCUT2D eigenvalue weighted by atomic mass is 32.2. The van der Waals surface area contributed by atoms with Crippen LogP contribution in [0.4, 0.5) is 0 Å². The van der Waals surface area contributed by atoms with Gasteiger partial charge in [-0.05, 0) is 32.4 Å². The third-order valence-electron chi connectivity index (χ3n) is 2.68. The molecule has 0 aliphatic carbocycles. The first-order valence-corrected chi connectivity index (χ1v) is 7.37. The number of rotatable bonds is 4. The van der Waals surface area contributed by atoms with Gasteiger partial charge in [-0.3, -0.25) is 0 Å². The molecule has 0 aromatic carbocycles.